The third-order valence-corrected chi connectivity index (χ3v) is 6.48. The van der Waals surface area contributed by atoms with Crippen molar-refractivity contribution < 1.29 is 18.8 Å². The van der Waals surface area contributed by atoms with Crippen LogP contribution in [0.2, 0.25) is 10.0 Å². The van der Waals surface area contributed by atoms with E-state index in [1.807, 2.05) is 6.92 Å². The molecule has 184 valence electrons. The molecule has 1 aliphatic rings. The molecule has 3 aromatic carbocycles. The minimum Gasteiger partial charge on any atom is -0.326 e. The molecule has 2 N–H and O–H groups in total. The van der Waals surface area contributed by atoms with Crippen LogP contribution in [0.4, 0.5) is 15.8 Å². The van der Waals surface area contributed by atoms with Crippen LogP contribution in [0, 0.1) is 12.7 Å². The van der Waals surface area contributed by atoms with E-state index in [0.717, 1.165) is 16.6 Å². The Kier molecular flexibility index (Phi) is 7.53. The van der Waals surface area contributed by atoms with Gasteiger partial charge in [-0.2, -0.15) is 0 Å². The van der Waals surface area contributed by atoms with Gasteiger partial charge in [0, 0.05) is 21.3 Å². The number of halogens is 3. The summed E-state index contributed by atoms with van der Waals surface area (Å²) in [5.74, 6) is -2.32. The van der Waals surface area contributed by atoms with Crippen LogP contribution in [0.3, 0.4) is 0 Å². The summed E-state index contributed by atoms with van der Waals surface area (Å²) in [5.41, 5.74) is 4.27. The van der Waals surface area contributed by atoms with Gasteiger partial charge in [0.05, 0.1) is 12.1 Å². The van der Waals surface area contributed by atoms with E-state index >= 15 is 0 Å². The first kappa shape index (κ1) is 25.6. The van der Waals surface area contributed by atoms with E-state index in [4.69, 9.17) is 35.4 Å². The number of hydrogen-bond acceptors (Lipinski definition) is 4. The highest BCUT2D eigenvalue weighted by atomic mass is 35.5. The lowest BCUT2D eigenvalue weighted by molar-refractivity contribution is -0.124. The van der Waals surface area contributed by atoms with E-state index in [1.165, 1.54) is 23.1 Å². The molecule has 3 aromatic rings. The zero-order valence-corrected chi connectivity index (χ0v) is 21.1. The van der Waals surface area contributed by atoms with Gasteiger partial charge in [0.15, 0.2) is 0 Å². The molecule has 1 heterocycles. The van der Waals surface area contributed by atoms with Crippen molar-refractivity contribution in [2.24, 2.45) is 0 Å². The Morgan fingerprint density at radius 2 is 1.78 bits per heavy atom. The van der Waals surface area contributed by atoms with Crippen LogP contribution in [0.15, 0.2) is 66.7 Å². The zero-order chi connectivity index (χ0) is 26.0. The molecule has 3 amide bonds. The maximum absolute atomic E-state index is 13.6. The molecule has 4 rings (SSSR count). The number of aryl methyl sites for hydroxylation is 1. The third-order valence-electron chi connectivity index (χ3n) is 5.44. The molecule has 1 fully saturated rings. The predicted octanol–water partition coefficient (Wildman–Crippen LogP) is 5.12. The molecule has 11 heteroatoms. The first-order valence-corrected chi connectivity index (χ1v) is 11.9. The fourth-order valence-electron chi connectivity index (χ4n) is 3.59. The van der Waals surface area contributed by atoms with Gasteiger partial charge < -0.3 is 5.32 Å². The quantitative estimate of drug-likeness (QED) is 0.421. The van der Waals surface area contributed by atoms with Crippen molar-refractivity contribution in [2.45, 2.75) is 19.4 Å². The van der Waals surface area contributed by atoms with Gasteiger partial charge in [0.25, 0.3) is 11.8 Å². The Hall–Kier alpha value is -3.53. The Balaban J connectivity index is 1.60. The third kappa shape index (κ3) is 5.48. The van der Waals surface area contributed by atoms with Crippen LogP contribution in [-0.2, 0) is 9.59 Å². The van der Waals surface area contributed by atoms with Crippen molar-refractivity contribution >= 4 is 69.6 Å². The summed E-state index contributed by atoms with van der Waals surface area (Å²) in [6.07, 6.45) is -0.335. The molecular formula is C25H19Cl2FN4O3S. The smallest absolute Gasteiger partial charge is 0.269 e. The highest BCUT2D eigenvalue weighted by Crippen LogP contribution is 2.28. The Morgan fingerprint density at radius 1 is 1.06 bits per heavy atom. The van der Waals surface area contributed by atoms with Crippen LogP contribution in [0.1, 0.15) is 22.3 Å². The van der Waals surface area contributed by atoms with Crippen LogP contribution in [0.5, 0.6) is 0 Å². The lowest BCUT2D eigenvalue weighted by atomic mass is 10.1. The van der Waals surface area contributed by atoms with Crippen LogP contribution >= 0.6 is 35.4 Å². The largest absolute Gasteiger partial charge is 0.326 e. The number of carbonyl (C=O) groups is 3. The molecule has 0 spiro atoms. The maximum atomic E-state index is 13.6. The standard InChI is InChI=1S/C25H19Cl2FN4O3S/c1-14-5-8-18(12-20(14)27)29-22(33)13-21-24(35)31(19-9-6-16(26)7-10-19)25(36)32(21)30-23(34)15-3-2-4-17(28)11-15/h2-12,21H,13H2,1H3,(H,29,33)(H,30,34). The minimum atomic E-state index is -1.16. The number of nitrogens with zero attached hydrogens (tertiary/aromatic N) is 2. The van der Waals surface area contributed by atoms with Crippen molar-refractivity contribution in [1.82, 2.24) is 10.4 Å². The second-order valence-electron chi connectivity index (χ2n) is 7.99. The summed E-state index contributed by atoms with van der Waals surface area (Å²) in [6, 6.07) is 15.3. The van der Waals surface area contributed by atoms with E-state index in [9.17, 15) is 18.8 Å². The van der Waals surface area contributed by atoms with Gasteiger partial charge in [0.2, 0.25) is 11.0 Å². The zero-order valence-electron chi connectivity index (χ0n) is 18.8. The van der Waals surface area contributed by atoms with Gasteiger partial charge in [0.1, 0.15) is 11.9 Å². The van der Waals surface area contributed by atoms with Crippen molar-refractivity contribution in [1.29, 1.82) is 0 Å². The molecule has 7 nitrogen and oxygen atoms in total. The summed E-state index contributed by atoms with van der Waals surface area (Å²) >= 11 is 17.6. The van der Waals surface area contributed by atoms with Gasteiger partial charge in [-0.3, -0.25) is 24.7 Å². The minimum absolute atomic E-state index is 0.0210. The number of benzene rings is 3. The van der Waals surface area contributed by atoms with E-state index in [2.05, 4.69) is 10.7 Å². The van der Waals surface area contributed by atoms with Gasteiger partial charge in [-0.1, -0.05) is 35.3 Å². The Morgan fingerprint density at radius 3 is 2.44 bits per heavy atom. The van der Waals surface area contributed by atoms with Gasteiger partial charge in [-0.05, 0) is 79.3 Å². The molecule has 1 aliphatic heterocycles. The van der Waals surface area contributed by atoms with Crippen LogP contribution in [-0.4, -0.2) is 33.9 Å². The van der Waals surface area contributed by atoms with Crippen LogP contribution < -0.4 is 15.6 Å². The highest BCUT2D eigenvalue weighted by Gasteiger charge is 2.45. The van der Waals surface area contributed by atoms with Gasteiger partial charge in [-0.15, -0.1) is 0 Å². The lowest BCUT2D eigenvalue weighted by Gasteiger charge is -2.24. The molecule has 0 bridgehead atoms. The van der Waals surface area contributed by atoms with E-state index in [-0.39, 0.29) is 17.1 Å². The topological polar surface area (TPSA) is 81.8 Å². The van der Waals surface area contributed by atoms with Crippen molar-refractivity contribution in [3.63, 3.8) is 0 Å². The highest BCUT2D eigenvalue weighted by molar-refractivity contribution is 7.80. The maximum Gasteiger partial charge on any atom is 0.269 e. The first-order chi connectivity index (χ1) is 17.1. The monoisotopic (exact) mass is 544 g/mol. The summed E-state index contributed by atoms with van der Waals surface area (Å²) in [5, 5.41) is 4.73. The summed E-state index contributed by atoms with van der Waals surface area (Å²) < 4.78 is 13.6. The number of rotatable bonds is 6. The molecule has 1 unspecified atom stereocenters. The van der Waals surface area contributed by atoms with E-state index in [1.54, 1.807) is 42.5 Å². The molecule has 0 radical (unpaired) electrons. The van der Waals surface area contributed by atoms with E-state index in [0.29, 0.717) is 21.4 Å². The Bertz CT molecular complexity index is 1370. The molecule has 36 heavy (non-hydrogen) atoms. The fourth-order valence-corrected chi connectivity index (χ4v) is 4.26. The van der Waals surface area contributed by atoms with Gasteiger partial charge >= 0.3 is 0 Å². The SMILES string of the molecule is Cc1ccc(NC(=O)CC2C(=O)N(c3ccc(Cl)cc3)C(=S)N2NC(=O)c2cccc(F)c2)cc1Cl. The first-order valence-electron chi connectivity index (χ1n) is 10.7. The molecular weight excluding hydrogens is 526 g/mol. The van der Waals surface area contributed by atoms with Crippen LogP contribution in [0.25, 0.3) is 0 Å². The number of nitrogens with one attached hydrogen (secondary N) is 2. The van der Waals surface area contributed by atoms with Gasteiger partial charge in [-0.25, -0.2) is 9.40 Å². The average molecular weight is 545 g/mol. The van der Waals surface area contributed by atoms with Crippen molar-refractivity contribution in [3.05, 3.63) is 93.7 Å². The number of carbonyl (C=O) groups excluding carboxylic acids is 3. The number of thiocarbonyl (C=S) groups is 1. The molecule has 1 saturated heterocycles. The number of amides is 3. The number of anilines is 2. The van der Waals surface area contributed by atoms with Crippen molar-refractivity contribution in [2.75, 3.05) is 10.2 Å². The van der Waals surface area contributed by atoms with E-state index < -0.39 is 29.6 Å². The number of hydrazine groups is 1. The molecule has 1 atom stereocenters. The predicted molar refractivity (Wildman–Crippen MR) is 140 cm³/mol. The number of hydrogen-bond donors (Lipinski definition) is 2. The summed E-state index contributed by atoms with van der Waals surface area (Å²) in [6.45, 7) is 1.83. The average Bonchev–Trinajstić information content (AvgIpc) is 3.06. The molecule has 0 aromatic heterocycles. The Labute approximate surface area is 221 Å². The molecule has 0 saturated carbocycles. The second-order valence-corrected chi connectivity index (χ2v) is 9.19. The summed E-state index contributed by atoms with van der Waals surface area (Å²) in [7, 11) is 0. The second kappa shape index (κ2) is 10.6. The molecule has 0 aliphatic carbocycles. The fraction of sp³-hybridized carbons (Fsp3) is 0.120. The van der Waals surface area contributed by atoms with Crippen molar-refractivity contribution in [3.8, 4) is 0 Å². The summed E-state index contributed by atoms with van der Waals surface area (Å²) in [4.78, 5) is 40.3. The lowest BCUT2D eigenvalue weighted by Crippen LogP contribution is -2.49. The normalized spacial score (nSPS) is 15.3.